The molecule has 2 atom stereocenters. The Labute approximate surface area is 110 Å². The zero-order chi connectivity index (χ0) is 13.7. The third-order valence-corrected chi connectivity index (χ3v) is 3.52. The van der Waals surface area contributed by atoms with Gasteiger partial charge in [-0.15, -0.1) is 0 Å². The Bertz CT molecular complexity index is 376. The lowest BCUT2D eigenvalue weighted by Gasteiger charge is -2.34. The number of amides is 1. The monoisotopic (exact) mass is 251 g/mol. The summed E-state index contributed by atoms with van der Waals surface area (Å²) >= 11 is 0. The van der Waals surface area contributed by atoms with Crippen molar-refractivity contribution in [2.24, 2.45) is 7.05 Å². The number of hydrogen-bond donors (Lipinski definition) is 0. The van der Waals surface area contributed by atoms with Crippen molar-refractivity contribution in [1.29, 1.82) is 0 Å². The van der Waals surface area contributed by atoms with Crippen LogP contribution in [0.4, 0.5) is 0 Å². The molecule has 1 aromatic rings. The number of carbonyl (C=O) groups excluding carboxylic acids is 1. The number of nitrogens with zero attached hydrogens (tertiary/aromatic N) is 3. The van der Waals surface area contributed by atoms with Crippen LogP contribution in [0, 0.1) is 0 Å². The molecule has 0 aliphatic heterocycles. The van der Waals surface area contributed by atoms with Crippen LogP contribution in [0.1, 0.15) is 46.2 Å². The van der Waals surface area contributed by atoms with Crippen molar-refractivity contribution in [1.82, 2.24) is 14.7 Å². The molecule has 0 saturated carbocycles. The van der Waals surface area contributed by atoms with Gasteiger partial charge in [0.2, 0.25) is 5.91 Å². The minimum absolute atomic E-state index is 0.178. The summed E-state index contributed by atoms with van der Waals surface area (Å²) in [6.45, 7) is 8.47. The predicted molar refractivity (Wildman–Crippen MR) is 73.3 cm³/mol. The molecule has 1 rings (SSSR count). The molecule has 0 fully saturated rings. The highest BCUT2D eigenvalue weighted by Crippen LogP contribution is 2.14. The average Bonchev–Trinajstić information content (AvgIpc) is 2.74. The van der Waals surface area contributed by atoms with Crippen molar-refractivity contribution in [2.45, 2.75) is 59.0 Å². The van der Waals surface area contributed by atoms with E-state index in [2.05, 4.69) is 32.8 Å². The van der Waals surface area contributed by atoms with Crippen LogP contribution in [0.25, 0.3) is 0 Å². The summed E-state index contributed by atoms with van der Waals surface area (Å²) in [6.07, 6.45) is 4.24. The molecule has 0 radical (unpaired) electrons. The Kier molecular flexibility index (Phi) is 5.38. The van der Waals surface area contributed by atoms with Gasteiger partial charge in [-0.2, -0.15) is 5.10 Å². The second-order valence-corrected chi connectivity index (χ2v) is 4.97. The molecule has 4 nitrogen and oxygen atoms in total. The van der Waals surface area contributed by atoms with Crippen LogP contribution >= 0.6 is 0 Å². The number of aryl methyl sites for hydroxylation is 1. The van der Waals surface area contributed by atoms with Gasteiger partial charge in [-0.3, -0.25) is 9.48 Å². The smallest absolute Gasteiger partial charge is 0.229 e. The Hall–Kier alpha value is -1.32. The van der Waals surface area contributed by atoms with Crippen LogP contribution in [0.3, 0.4) is 0 Å². The summed E-state index contributed by atoms with van der Waals surface area (Å²) in [5.74, 6) is 0.178. The Morgan fingerprint density at radius 3 is 2.28 bits per heavy atom. The van der Waals surface area contributed by atoms with Crippen molar-refractivity contribution >= 4 is 5.91 Å². The first-order valence-corrected chi connectivity index (χ1v) is 6.79. The molecule has 0 N–H and O–H groups in total. The van der Waals surface area contributed by atoms with Gasteiger partial charge in [0.25, 0.3) is 0 Å². The normalized spacial score (nSPS) is 14.3. The molecule has 4 heteroatoms. The lowest BCUT2D eigenvalue weighted by molar-refractivity contribution is -0.135. The van der Waals surface area contributed by atoms with E-state index < -0.39 is 0 Å². The minimum Gasteiger partial charge on any atom is -0.337 e. The summed E-state index contributed by atoms with van der Waals surface area (Å²) in [6, 6.07) is 2.48. The molecule has 1 aromatic heterocycles. The molecular weight excluding hydrogens is 226 g/mol. The maximum Gasteiger partial charge on any atom is 0.229 e. The summed E-state index contributed by atoms with van der Waals surface area (Å²) in [5.41, 5.74) is 0.846. The fourth-order valence-electron chi connectivity index (χ4n) is 2.12. The molecule has 0 aliphatic carbocycles. The van der Waals surface area contributed by atoms with E-state index in [1.807, 2.05) is 24.2 Å². The number of rotatable bonds is 6. The van der Waals surface area contributed by atoms with Crippen LogP contribution < -0.4 is 0 Å². The fraction of sp³-hybridized carbons (Fsp3) is 0.714. The van der Waals surface area contributed by atoms with Crippen LogP contribution in [0.2, 0.25) is 0 Å². The topological polar surface area (TPSA) is 38.1 Å². The second-order valence-electron chi connectivity index (χ2n) is 4.97. The quantitative estimate of drug-likeness (QED) is 0.778. The summed E-state index contributed by atoms with van der Waals surface area (Å²) in [5, 5.41) is 4.27. The summed E-state index contributed by atoms with van der Waals surface area (Å²) < 4.78 is 1.74. The largest absolute Gasteiger partial charge is 0.337 e. The van der Waals surface area contributed by atoms with E-state index in [9.17, 15) is 4.79 Å². The molecule has 0 spiro atoms. The second kappa shape index (κ2) is 6.57. The predicted octanol–water partition coefficient (Wildman–Crippen LogP) is 2.39. The lowest BCUT2D eigenvalue weighted by Crippen LogP contribution is -2.45. The van der Waals surface area contributed by atoms with Gasteiger partial charge in [0, 0.05) is 25.3 Å². The first-order chi connectivity index (χ1) is 8.49. The van der Waals surface area contributed by atoms with E-state index in [4.69, 9.17) is 0 Å². The van der Waals surface area contributed by atoms with Gasteiger partial charge in [-0.1, -0.05) is 13.8 Å². The van der Waals surface area contributed by atoms with Gasteiger partial charge < -0.3 is 4.90 Å². The van der Waals surface area contributed by atoms with Gasteiger partial charge in [-0.25, -0.2) is 0 Å². The Morgan fingerprint density at radius 1 is 1.33 bits per heavy atom. The molecule has 102 valence electrons. The highest BCUT2D eigenvalue weighted by Gasteiger charge is 2.23. The summed E-state index contributed by atoms with van der Waals surface area (Å²) in [4.78, 5) is 14.4. The Balaban J connectivity index is 2.76. The molecule has 0 aliphatic rings. The molecule has 0 aromatic carbocycles. The molecule has 1 heterocycles. The molecule has 1 amide bonds. The van der Waals surface area contributed by atoms with Crippen molar-refractivity contribution in [3.05, 3.63) is 18.0 Å². The van der Waals surface area contributed by atoms with Crippen LogP contribution in [-0.4, -0.2) is 32.7 Å². The highest BCUT2D eigenvalue weighted by atomic mass is 16.2. The average molecular weight is 251 g/mol. The molecule has 0 unspecified atom stereocenters. The lowest BCUT2D eigenvalue weighted by atomic mass is 10.1. The number of carbonyl (C=O) groups is 1. The van der Waals surface area contributed by atoms with Gasteiger partial charge in [0.15, 0.2) is 0 Å². The van der Waals surface area contributed by atoms with E-state index >= 15 is 0 Å². The zero-order valence-corrected chi connectivity index (χ0v) is 12.2. The van der Waals surface area contributed by atoms with Gasteiger partial charge >= 0.3 is 0 Å². The van der Waals surface area contributed by atoms with Crippen molar-refractivity contribution in [3.63, 3.8) is 0 Å². The van der Waals surface area contributed by atoms with E-state index in [-0.39, 0.29) is 18.0 Å². The van der Waals surface area contributed by atoms with E-state index in [1.54, 1.807) is 4.68 Å². The third kappa shape index (κ3) is 3.59. The van der Waals surface area contributed by atoms with Gasteiger partial charge in [0.1, 0.15) is 0 Å². The number of aromatic nitrogens is 2. The van der Waals surface area contributed by atoms with Crippen LogP contribution in [-0.2, 0) is 18.3 Å². The number of hydrogen-bond acceptors (Lipinski definition) is 2. The molecule has 18 heavy (non-hydrogen) atoms. The highest BCUT2D eigenvalue weighted by molar-refractivity contribution is 5.78. The SMILES string of the molecule is CC[C@H](C)N(C(=O)Cc1ccn(C)n1)[C@@H](C)CC. The zero-order valence-electron chi connectivity index (χ0n) is 12.2. The first kappa shape index (κ1) is 14.7. The molecule has 0 bridgehead atoms. The van der Waals surface area contributed by atoms with E-state index in [0.29, 0.717) is 6.42 Å². The molecule has 0 saturated heterocycles. The van der Waals surface area contributed by atoms with Gasteiger partial charge in [0.05, 0.1) is 12.1 Å². The maximum absolute atomic E-state index is 12.4. The van der Waals surface area contributed by atoms with E-state index in [1.165, 1.54) is 0 Å². The fourth-order valence-corrected chi connectivity index (χ4v) is 2.12. The molecular formula is C14H25N3O. The first-order valence-electron chi connectivity index (χ1n) is 6.79. The summed E-state index contributed by atoms with van der Waals surface area (Å²) in [7, 11) is 1.87. The van der Waals surface area contributed by atoms with Crippen molar-refractivity contribution in [3.8, 4) is 0 Å². The van der Waals surface area contributed by atoms with E-state index in [0.717, 1.165) is 18.5 Å². The van der Waals surface area contributed by atoms with Gasteiger partial charge in [-0.05, 0) is 32.8 Å². The van der Waals surface area contributed by atoms with Crippen LogP contribution in [0.15, 0.2) is 12.3 Å². The minimum atomic E-state index is 0.178. The Morgan fingerprint density at radius 2 is 1.89 bits per heavy atom. The standard InChI is InChI=1S/C14H25N3O/c1-6-11(3)17(12(4)7-2)14(18)10-13-8-9-16(5)15-13/h8-9,11-12H,6-7,10H2,1-5H3/t11-,12-/m0/s1. The van der Waals surface area contributed by atoms with Crippen molar-refractivity contribution in [2.75, 3.05) is 0 Å². The third-order valence-electron chi connectivity index (χ3n) is 3.52. The van der Waals surface area contributed by atoms with Crippen LogP contribution in [0.5, 0.6) is 0 Å². The van der Waals surface area contributed by atoms with Crippen molar-refractivity contribution < 1.29 is 4.79 Å². The maximum atomic E-state index is 12.4.